The van der Waals surface area contributed by atoms with E-state index in [4.69, 9.17) is 10.2 Å². The van der Waals surface area contributed by atoms with Crippen LogP contribution in [0.25, 0.3) is 0 Å². The molecule has 0 rings (SSSR count). The van der Waals surface area contributed by atoms with Crippen molar-refractivity contribution in [3.05, 3.63) is 48.6 Å². The summed E-state index contributed by atoms with van der Waals surface area (Å²) in [6, 6.07) is 0. The van der Waals surface area contributed by atoms with Crippen LogP contribution >= 0.6 is 0 Å². The highest BCUT2D eigenvalue weighted by Crippen LogP contribution is 1.90. The van der Waals surface area contributed by atoms with Crippen molar-refractivity contribution < 1.29 is 10.2 Å². The van der Waals surface area contributed by atoms with E-state index in [1.807, 2.05) is 12.2 Å². The quantitative estimate of drug-likeness (QED) is 0.576. The van der Waals surface area contributed by atoms with E-state index in [0.29, 0.717) is 0 Å². The van der Waals surface area contributed by atoms with Gasteiger partial charge in [-0.3, -0.25) is 0 Å². The molecule has 0 aromatic heterocycles. The van der Waals surface area contributed by atoms with Gasteiger partial charge in [-0.05, 0) is 38.5 Å². The zero-order valence-corrected chi connectivity index (χ0v) is 13.2. The fourth-order valence-corrected chi connectivity index (χ4v) is 1.26. The monoisotopic (exact) mass is 280 g/mol. The lowest BCUT2D eigenvalue weighted by atomic mass is 10.3. The van der Waals surface area contributed by atoms with Crippen molar-refractivity contribution in [3.8, 4) is 0 Å². The first-order chi connectivity index (χ1) is 9.83. The summed E-state index contributed by atoms with van der Waals surface area (Å²) in [5, 5.41) is 16.8. The van der Waals surface area contributed by atoms with Gasteiger partial charge < -0.3 is 10.2 Å². The van der Waals surface area contributed by atoms with Gasteiger partial charge in [0.25, 0.3) is 0 Å². The first kappa shape index (κ1) is 21.2. The molecule has 0 aliphatic heterocycles. The number of hydrogen-bond donors (Lipinski definition) is 2. The maximum atomic E-state index is 8.40. The molecule has 0 spiro atoms. The Morgan fingerprint density at radius 1 is 0.550 bits per heavy atom. The molecule has 0 heterocycles. The van der Waals surface area contributed by atoms with Crippen LogP contribution in [0.3, 0.4) is 0 Å². The maximum absolute atomic E-state index is 8.40. The number of allylic oxidation sites excluding steroid dienone is 6. The molecule has 2 N–H and O–H groups in total. The first-order valence-corrected chi connectivity index (χ1v) is 7.65. The normalized spacial score (nSPS) is 11.8. The second-order valence-corrected chi connectivity index (χ2v) is 4.20. The van der Waals surface area contributed by atoms with Crippen molar-refractivity contribution in [2.75, 3.05) is 13.2 Å². The van der Waals surface area contributed by atoms with Crippen LogP contribution in [0.15, 0.2) is 48.6 Å². The van der Waals surface area contributed by atoms with Gasteiger partial charge in [-0.2, -0.15) is 0 Å². The fraction of sp³-hybridized carbons (Fsp3) is 0.556. The molecule has 0 aliphatic carbocycles. The van der Waals surface area contributed by atoms with Gasteiger partial charge in [0.2, 0.25) is 0 Å². The van der Waals surface area contributed by atoms with Crippen LogP contribution in [-0.2, 0) is 0 Å². The van der Waals surface area contributed by atoms with Crippen LogP contribution in [0.1, 0.15) is 52.4 Å². The smallest absolute Gasteiger partial charge is 0.0465 e. The summed E-state index contributed by atoms with van der Waals surface area (Å²) in [6.07, 6.45) is 22.4. The molecule has 0 fully saturated rings. The lowest BCUT2D eigenvalue weighted by molar-refractivity contribution is 0.302. The van der Waals surface area contributed by atoms with Gasteiger partial charge in [0, 0.05) is 13.2 Å². The Balaban J connectivity index is 0. The molecular formula is C18H32O2. The zero-order chi connectivity index (χ0) is 15.3. The third-order valence-corrected chi connectivity index (χ3v) is 2.27. The molecule has 0 bridgehead atoms. The predicted molar refractivity (Wildman–Crippen MR) is 89.8 cm³/mol. The highest BCUT2D eigenvalue weighted by molar-refractivity contribution is 4.92. The summed E-state index contributed by atoms with van der Waals surface area (Å²) in [6.45, 7) is 4.75. The lowest BCUT2D eigenvalue weighted by Crippen LogP contribution is -1.74. The van der Waals surface area contributed by atoms with Gasteiger partial charge in [-0.15, -0.1) is 0 Å². The topological polar surface area (TPSA) is 40.5 Å². The Bertz CT molecular complexity index is 235. The van der Waals surface area contributed by atoms with Gasteiger partial charge in [0.1, 0.15) is 0 Å². The second kappa shape index (κ2) is 23.0. The van der Waals surface area contributed by atoms with Gasteiger partial charge >= 0.3 is 0 Å². The van der Waals surface area contributed by atoms with Crippen LogP contribution in [-0.4, -0.2) is 23.4 Å². The highest BCUT2D eigenvalue weighted by Gasteiger charge is 1.73. The molecule has 0 saturated carbocycles. The molecule has 116 valence electrons. The summed E-state index contributed by atoms with van der Waals surface area (Å²) < 4.78 is 0. The molecule has 2 heteroatoms. The van der Waals surface area contributed by atoms with Gasteiger partial charge in [0.15, 0.2) is 0 Å². The number of rotatable bonds is 10. The molecule has 0 radical (unpaired) electrons. The van der Waals surface area contributed by atoms with E-state index in [1.165, 1.54) is 0 Å². The average molecular weight is 280 g/mol. The molecule has 0 saturated heterocycles. The van der Waals surface area contributed by atoms with E-state index < -0.39 is 0 Å². The van der Waals surface area contributed by atoms with Crippen molar-refractivity contribution >= 4 is 0 Å². The van der Waals surface area contributed by atoms with E-state index in [9.17, 15) is 0 Å². The fourth-order valence-electron chi connectivity index (χ4n) is 1.26. The first-order valence-electron chi connectivity index (χ1n) is 7.65. The van der Waals surface area contributed by atoms with Gasteiger partial charge in [-0.25, -0.2) is 0 Å². The van der Waals surface area contributed by atoms with E-state index in [2.05, 4.69) is 50.3 Å². The van der Waals surface area contributed by atoms with Crippen molar-refractivity contribution in [2.24, 2.45) is 0 Å². The number of aliphatic hydroxyl groups excluding tert-OH is 2. The summed E-state index contributed by atoms with van der Waals surface area (Å²) in [4.78, 5) is 0. The number of aliphatic hydroxyl groups is 2. The third kappa shape index (κ3) is 25.7. The molecule has 2 nitrogen and oxygen atoms in total. The second-order valence-electron chi connectivity index (χ2n) is 4.20. The van der Waals surface area contributed by atoms with Gasteiger partial charge in [0.05, 0.1) is 0 Å². The molecule has 20 heavy (non-hydrogen) atoms. The largest absolute Gasteiger partial charge is 0.396 e. The maximum Gasteiger partial charge on any atom is 0.0465 e. The van der Waals surface area contributed by atoms with Crippen LogP contribution in [0.2, 0.25) is 0 Å². The van der Waals surface area contributed by atoms with Crippen molar-refractivity contribution in [2.45, 2.75) is 52.4 Å². The van der Waals surface area contributed by atoms with Crippen molar-refractivity contribution in [3.63, 3.8) is 0 Å². The van der Waals surface area contributed by atoms with E-state index in [0.717, 1.165) is 38.5 Å². The van der Waals surface area contributed by atoms with Crippen LogP contribution in [0, 0.1) is 0 Å². The summed E-state index contributed by atoms with van der Waals surface area (Å²) in [7, 11) is 0. The van der Waals surface area contributed by atoms with Crippen LogP contribution in [0.4, 0.5) is 0 Å². The van der Waals surface area contributed by atoms with E-state index in [1.54, 1.807) is 0 Å². The van der Waals surface area contributed by atoms with Crippen LogP contribution < -0.4 is 0 Å². The standard InChI is InChI=1S/2C9H16O/c2*1-2-3-4-5-6-7-8-9-10/h2*3-4,6-7,10H,2,5,8-9H2,1H3/b2*4-3-,7-6-. The summed E-state index contributed by atoms with van der Waals surface area (Å²) in [5.41, 5.74) is 0. The van der Waals surface area contributed by atoms with Crippen molar-refractivity contribution in [1.82, 2.24) is 0 Å². The SMILES string of the molecule is CC/C=C\C/C=C\CCO.CC/C=C\C/C=C\CCO. The van der Waals surface area contributed by atoms with Crippen LogP contribution in [0.5, 0.6) is 0 Å². The van der Waals surface area contributed by atoms with Crippen molar-refractivity contribution in [1.29, 1.82) is 0 Å². The highest BCUT2D eigenvalue weighted by atomic mass is 16.3. The molecule has 0 aliphatic rings. The third-order valence-electron chi connectivity index (χ3n) is 2.27. The Hall–Kier alpha value is -1.12. The van der Waals surface area contributed by atoms with E-state index in [-0.39, 0.29) is 13.2 Å². The molecule has 0 aromatic carbocycles. The molecular weight excluding hydrogens is 248 g/mol. The molecule has 0 unspecified atom stereocenters. The zero-order valence-electron chi connectivity index (χ0n) is 13.2. The Labute approximate surface area is 125 Å². The summed E-state index contributed by atoms with van der Waals surface area (Å²) in [5.74, 6) is 0. The minimum atomic E-state index is 0.258. The summed E-state index contributed by atoms with van der Waals surface area (Å²) >= 11 is 0. The Morgan fingerprint density at radius 3 is 1.20 bits per heavy atom. The minimum Gasteiger partial charge on any atom is -0.396 e. The molecule has 0 amide bonds. The Morgan fingerprint density at radius 2 is 0.900 bits per heavy atom. The molecule has 0 atom stereocenters. The van der Waals surface area contributed by atoms with Gasteiger partial charge in [-0.1, -0.05) is 62.5 Å². The average Bonchev–Trinajstić information content (AvgIpc) is 2.47. The molecule has 0 aromatic rings. The van der Waals surface area contributed by atoms with E-state index >= 15 is 0 Å². The Kier molecular flexibility index (Phi) is 24.4. The number of hydrogen-bond acceptors (Lipinski definition) is 2. The predicted octanol–water partition coefficient (Wildman–Crippen LogP) is 4.56. The minimum absolute atomic E-state index is 0.258. The lowest BCUT2D eigenvalue weighted by Gasteiger charge is -1.83.